The first kappa shape index (κ1) is 12.4. The molecule has 1 heterocycles. The highest BCUT2D eigenvalue weighted by Crippen LogP contribution is 2.27. The molecule has 2 aromatic rings. The summed E-state index contributed by atoms with van der Waals surface area (Å²) in [5, 5.41) is 3.40. The van der Waals surface area contributed by atoms with Gasteiger partial charge in [-0.15, -0.1) is 0 Å². The third-order valence-corrected chi connectivity index (χ3v) is 4.09. The van der Waals surface area contributed by atoms with E-state index in [-0.39, 0.29) is 6.04 Å². The topological polar surface area (TPSA) is 29.9 Å². The van der Waals surface area contributed by atoms with Crippen LogP contribution >= 0.6 is 0 Å². The van der Waals surface area contributed by atoms with Crippen LogP contribution in [0, 0.1) is 0 Å². The summed E-state index contributed by atoms with van der Waals surface area (Å²) in [6.45, 7) is 3.11. The highest BCUT2D eigenvalue weighted by atomic mass is 15.1. The smallest absolute Gasteiger partial charge is 0.130 e. The van der Waals surface area contributed by atoms with Crippen LogP contribution in [-0.2, 0) is 19.4 Å². The van der Waals surface area contributed by atoms with Gasteiger partial charge in [-0.05, 0) is 49.9 Å². The van der Waals surface area contributed by atoms with E-state index in [1.807, 2.05) is 19.4 Å². The fraction of sp³-hybridized carbons (Fsp3) is 0.438. The minimum absolute atomic E-state index is 0.181. The van der Waals surface area contributed by atoms with Gasteiger partial charge >= 0.3 is 0 Å². The lowest BCUT2D eigenvalue weighted by atomic mass is 10.0. The molecule has 0 saturated heterocycles. The molecule has 1 atom stereocenters. The Balaban J connectivity index is 1.98. The average molecular weight is 255 g/mol. The quantitative estimate of drug-likeness (QED) is 0.910. The summed E-state index contributed by atoms with van der Waals surface area (Å²) in [5.74, 6) is 1.10. The maximum Gasteiger partial charge on any atom is 0.130 e. The first-order valence-corrected chi connectivity index (χ1v) is 7.13. The van der Waals surface area contributed by atoms with Crippen LogP contribution in [0.3, 0.4) is 0 Å². The number of imidazole rings is 1. The van der Waals surface area contributed by atoms with Crippen LogP contribution in [0.2, 0.25) is 0 Å². The summed E-state index contributed by atoms with van der Waals surface area (Å²) in [5.41, 5.74) is 4.37. The van der Waals surface area contributed by atoms with Crippen molar-refractivity contribution in [3.05, 3.63) is 53.1 Å². The SMILES string of the molecule is CCn1ccnc1C(NC)c1ccc2c(c1)CCC2. The second kappa shape index (κ2) is 5.17. The van der Waals surface area contributed by atoms with Crippen molar-refractivity contribution in [2.24, 2.45) is 0 Å². The average Bonchev–Trinajstić information content (AvgIpc) is 3.07. The maximum absolute atomic E-state index is 4.53. The van der Waals surface area contributed by atoms with E-state index in [1.165, 1.54) is 36.0 Å². The molecular formula is C16H21N3. The van der Waals surface area contributed by atoms with Gasteiger partial charge in [0.2, 0.25) is 0 Å². The number of aromatic nitrogens is 2. The molecule has 0 fully saturated rings. The monoisotopic (exact) mass is 255 g/mol. The number of nitrogens with zero attached hydrogens (tertiary/aromatic N) is 2. The molecule has 3 rings (SSSR count). The minimum atomic E-state index is 0.181. The number of hydrogen-bond acceptors (Lipinski definition) is 2. The molecule has 1 aromatic carbocycles. The molecule has 100 valence electrons. The number of fused-ring (bicyclic) bond motifs is 1. The lowest BCUT2D eigenvalue weighted by Crippen LogP contribution is -2.22. The fourth-order valence-corrected chi connectivity index (χ4v) is 3.06. The fourth-order valence-electron chi connectivity index (χ4n) is 3.06. The second-order valence-corrected chi connectivity index (χ2v) is 5.17. The number of rotatable bonds is 4. The standard InChI is InChI=1S/C16H21N3/c1-3-19-10-9-18-16(19)15(17-2)14-8-7-12-5-4-6-13(12)11-14/h7-11,15,17H,3-6H2,1-2H3. The summed E-state index contributed by atoms with van der Waals surface area (Å²) in [6, 6.07) is 7.08. The van der Waals surface area contributed by atoms with E-state index in [9.17, 15) is 0 Å². The zero-order valence-corrected chi connectivity index (χ0v) is 11.7. The van der Waals surface area contributed by atoms with Gasteiger partial charge in [-0.25, -0.2) is 4.98 Å². The van der Waals surface area contributed by atoms with Crippen molar-refractivity contribution in [3.63, 3.8) is 0 Å². The lowest BCUT2D eigenvalue weighted by molar-refractivity contribution is 0.590. The molecule has 19 heavy (non-hydrogen) atoms. The number of aryl methyl sites for hydroxylation is 3. The van der Waals surface area contributed by atoms with Crippen LogP contribution in [0.25, 0.3) is 0 Å². The summed E-state index contributed by atoms with van der Waals surface area (Å²) in [4.78, 5) is 4.53. The number of nitrogens with one attached hydrogen (secondary N) is 1. The Labute approximate surface area is 114 Å². The molecule has 3 nitrogen and oxygen atoms in total. The number of hydrogen-bond donors (Lipinski definition) is 1. The van der Waals surface area contributed by atoms with Crippen molar-refractivity contribution in [3.8, 4) is 0 Å². The van der Waals surface area contributed by atoms with E-state index in [1.54, 1.807) is 0 Å². The third kappa shape index (κ3) is 2.19. The predicted molar refractivity (Wildman–Crippen MR) is 77.3 cm³/mol. The van der Waals surface area contributed by atoms with Crippen LogP contribution < -0.4 is 5.32 Å². The molecule has 1 N–H and O–H groups in total. The van der Waals surface area contributed by atoms with Gasteiger partial charge in [-0.1, -0.05) is 18.2 Å². The van der Waals surface area contributed by atoms with Crippen LogP contribution in [0.5, 0.6) is 0 Å². The van der Waals surface area contributed by atoms with Gasteiger partial charge in [0.05, 0.1) is 6.04 Å². The Kier molecular flexibility index (Phi) is 3.38. The highest BCUT2D eigenvalue weighted by Gasteiger charge is 2.19. The summed E-state index contributed by atoms with van der Waals surface area (Å²) < 4.78 is 2.20. The normalized spacial score (nSPS) is 15.5. The molecule has 0 spiro atoms. The molecule has 0 saturated carbocycles. The molecule has 1 aromatic heterocycles. The summed E-state index contributed by atoms with van der Waals surface area (Å²) in [6.07, 6.45) is 7.70. The molecular weight excluding hydrogens is 234 g/mol. The molecule has 0 aliphatic heterocycles. The van der Waals surface area contributed by atoms with E-state index in [2.05, 4.69) is 40.0 Å². The molecule has 0 amide bonds. The summed E-state index contributed by atoms with van der Waals surface area (Å²) >= 11 is 0. The van der Waals surface area contributed by atoms with Crippen molar-refractivity contribution >= 4 is 0 Å². The molecule has 1 aliphatic rings. The predicted octanol–water partition coefficient (Wildman–Crippen LogP) is 2.70. The Morgan fingerprint density at radius 2 is 2.16 bits per heavy atom. The third-order valence-electron chi connectivity index (χ3n) is 4.09. The van der Waals surface area contributed by atoms with E-state index in [4.69, 9.17) is 0 Å². The van der Waals surface area contributed by atoms with Crippen LogP contribution in [0.1, 0.15) is 41.9 Å². The minimum Gasteiger partial charge on any atom is -0.334 e. The van der Waals surface area contributed by atoms with Gasteiger partial charge < -0.3 is 9.88 Å². The zero-order chi connectivity index (χ0) is 13.2. The van der Waals surface area contributed by atoms with Crippen LogP contribution in [0.4, 0.5) is 0 Å². The molecule has 3 heteroatoms. The van der Waals surface area contributed by atoms with Gasteiger partial charge in [0.15, 0.2) is 0 Å². The van der Waals surface area contributed by atoms with Crippen molar-refractivity contribution in [1.29, 1.82) is 0 Å². The Morgan fingerprint density at radius 3 is 2.95 bits per heavy atom. The Bertz CT molecular complexity index is 571. The maximum atomic E-state index is 4.53. The highest BCUT2D eigenvalue weighted by molar-refractivity contribution is 5.38. The molecule has 0 radical (unpaired) electrons. The summed E-state index contributed by atoms with van der Waals surface area (Å²) in [7, 11) is 2.01. The first-order chi connectivity index (χ1) is 9.33. The van der Waals surface area contributed by atoms with Gasteiger partial charge in [0.25, 0.3) is 0 Å². The number of benzene rings is 1. The van der Waals surface area contributed by atoms with Gasteiger partial charge in [0.1, 0.15) is 5.82 Å². The van der Waals surface area contributed by atoms with Crippen molar-refractivity contribution in [1.82, 2.24) is 14.9 Å². The van der Waals surface area contributed by atoms with Gasteiger partial charge in [-0.2, -0.15) is 0 Å². The Hall–Kier alpha value is -1.61. The van der Waals surface area contributed by atoms with Gasteiger partial charge in [-0.3, -0.25) is 0 Å². The van der Waals surface area contributed by atoms with Crippen LogP contribution in [-0.4, -0.2) is 16.6 Å². The van der Waals surface area contributed by atoms with Crippen molar-refractivity contribution in [2.45, 2.75) is 38.8 Å². The van der Waals surface area contributed by atoms with Crippen molar-refractivity contribution in [2.75, 3.05) is 7.05 Å². The van der Waals surface area contributed by atoms with Crippen molar-refractivity contribution < 1.29 is 0 Å². The molecule has 1 aliphatic carbocycles. The van der Waals surface area contributed by atoms with Gasteiger partial charge in [0, 0.05) is 18.9 Å². The lowest BCUT2D eigenvalue weighted by Gasteiger charge is -2.18. The van der Waals surface area contributed by atoms with Crippen LogP contribution in [0.15, 0.2) is 30.6 Å². The second-order valence-electron chi connectivity index (χ2n) is 5.17. The van der Waals surface area contributed by atoms with E-state index < -0.39 is 0 Å². The van der Waals surface area contributed by atoms with E-state index >= 15 is 0 Å². The largest absolute Gasteiger partial charge is 0.334 e. The van der Waals surface area contributed by atoms with E-state index in [0.717, 1.165) is 12.4 Å². The zero-order valence-electron chi connectivity index (χ0n) is 11.7. The van der Waals surface area contributed by atoms with E-state index in [0.29, 0.717) is 0 Å². The molecule has 0 bridgehead atoms. The molecule has 1 unspecified atom stereocenters. The first-order valence-electron chi connectivity index (χ1n) is 7.13. The Morgan fingerprint density at radius 1 is 1.32 bits per heavy atom.